The molecule has 1 aromatic carbocycles. The smallest absolute Gasteiger partial charge is 0.321 e. The van der Waals surface area contributed by atoms with Crippen LogP contribution in [0.2, 0.25) is 0 Å². The topological polar surface area (TPSA) is 52.6 Å². The number of hydrogen-bond acceptors (Lipinski definition) is 4. The van der Waals surface area contributed by atoms with Gasteiger partial charge in [0.1, 0.15) is 6.04 Å². The average molecular weight is 322 g/mol. The summed E-state index contributed by atoms with van der Waals surface area (Å²) in [6.07, 6.45) is 3.93. The van der Waals surface area contributed by atoms with E-state index in [1.54, 1.807) is 11.8 Å². The van der Waals surface area contributed by atoms with Crippen LogP contribution >= 0.6 is 11.8 Å². The van der Waals surface area contributed by atoms with E-state index in [0.717, 1.165) is 25.9 Å². The SMILES string of the molecule is CSC[C@H](NC1CCN(c2cccc(C)c2C)CC1)C(=O)O. The summed E-state index contributed by atoms with van der Waals surface area (Å²) in [4.78, 5) is 13.7. The summed E-state index contributed by atoms with van der Waals surface area (Å²) < 4.78 is 0. The Morgan fingerprint density at radius 1 is 1.41 bits per heavy atom. The molecule has 1 aromatic rings. The normalized spacial score (nSPS) is 17.5. The number of rotatable bonds is 6. The molecule has 2 N–H and O–H groups in total. The predicted molar refractivity (Wildman–Crippen MR) is 94.1 cm³/mol. The summed E-state index contributed by atoms with van der Waals surface area (Å²) >= 11 is 1.57. The molecular formula is C17H26N2O2S. The van der Waals surface area contributed by atoms with Crippen molar-refractivity contribution in [2.75, 3.05) is 30.0 Å². The van der Waals surface area contributed by atoms with Gasteiger partial charge in [-0.2, -0.15) is 11.8 Å². The zero-order valence-corrected chi connectivity index (χ0v) is 14.4. The van der Waals surface area contributed by atoms with Crippen molar-refractivity contribution >= 4 is 23.4 Å². The zero-order chi connectivity index (χ0) is 16.1. The van der Waals surface area contributed by atoms with Crippen molar-refractivity contribution in [2.45, 2.75) is 38.8 Å². The quantitative estimate of drug-likeness (QED) is 0.843. The Hall–Kier alpha value is -1.20. The minimum absolute atomic E-state index is 0.301. The molecule has 1 fully saturated rings. The number of aryl methyl sites for hydroxylation is 1. The lowest BCUT2D eigenvalue weighted by Gasteiger charge is -2.36. The van der Waals surface area contributed by atoms with Gasteiger partial charge in [0.2, 0.25) is 0 Å². The Morgan fingerprint density at radius 2 is 2.09 bits per heavy atom. The highest BCUT2D eigenvalue weighted by atomic mass is 32.2. The molecule has 1 saturated heterocycles. The molecule has 0 aliphatic carbocycles. The molecule has 0 amide bonds. The third-order valence-electron chi connectivity index (χ3n) is 4.48. The molecule has 0 bridgehead atoms. The average Bonchev–Trinajstić information content (AvgIpc) is 2.50. The number of hydrogen-bond donors (Lipinski definition) is 2. The molecule has 22 heavy (non-hydrogen) atoms. The second-order valence-electron chi connectivity index (χ2n) is 5.99. The third-order valence-corrected chi connectivity index (χ3v) is 5.15. The fourth-order valence-electron chi connectivity index (χ4n) is 3.01. The fourth-order valence-corrected chi connectivity index (χ4v) is 3.58. The van der Waals surface area contributed by atoms with Crippen molar-refractivity contribution < 1.29 is 9.90 Å². The number of carboxylic acid groups (broad SMARTS) is 1. The lowest BCUT2D eigenvalue weighted by Crippen LogP contribution is -2.50. The number of nitrogens with zero attached hydrogens (tertiary/aromatic N) is 1. The van der Waals surface area contributed by atoms with Gasteiger partial charge >= 0.3 is 5.97 Å². The molecule has 1 aliphatic heterocycles. The van der Waals surface area contributed by atoms with Crippen LogP contribution in [0, 0.1) is 13.8 Å². The maximum atomic E-state index is 11.2. The summed E-state index contributed by atoms with van der Waals surface area (Å²) in [5.41, 5.74) is 3.99. The highest BCUT2D eigenvalue weighted by Gasteiger charge is 2.25. The minimum Gasteiger partial charge on any atom is -0.480 e. The van der Waals surface area contributed by atoms with Crippen molar-refractivity contribution in [3.63, 3.8) is 0 Å². The van der Waals surface area contributed by atoms with E-state index in [4.69, 9.17) is 0 Å². The van der Waals surface area contributed by atoms with Gasteiger partial charge in [0, 0.05) is 30.6 Å². The van der Waals surface area contributed by atoms with E-state index in [-0.39, 0.29) is 0 Å². The molecule has 5 heteroatoms. The number of benzene rings is 1. The molecule has 0 saturated carbocycles. The monoisotopic (exact) mass is 322 g/mol. The number of nitrogens with one attached hydrogen (secondary N) is 1. The summed E-state index contributed by atoms with van der Waals surface area (Å²) in [6.45, 7) is 6.28. The highest BCUT2D eigenvalue weighted by Crippen LogP contribution is 2.26. The first-order valence-corrected chi connectivity index (χ1v) is 9.21. The molecule has 1 aliphatic rings. The van der Waals surface area contributed by atoms with Crippen LogP contribution in [0.25, 0.3) is 0 Å². The lowest BCUT2D eigenvalue weighted by molar-refractivity contribution is -0.139. The van der Waals surface area contributed by atoms with Gasteiger partial charge in [-0.3, -0.25) is 4.79 Å². The lowest BCUT2D eigenvalue weighted by atomic mass is 10.0. The number of carbonyl (C=O) groups is 1. The van der Waals surface area contributed by atoms with E-state index in [9.17, 15) is 9.90 Å². The maximum Gasteiger partial charge on any atom is 0.321 e. The molecule has 2 rings (SSSR count). The van der Waals surface area contributed by atoms with Gasteiger partial charge in [-0.15, -0.1) is 0 Å². The van der Waals surface area contributed by atoms with Crippen LogP contribution in [0.15, 0.2) is 18.2 Å². The van der Waals surface area contributed by atoms with Crippen LogP contribution in [-0.2, 0) is 4.79 Å². The van der Waals surface area contributed by atoms with Crippen LogP contribution in [0.3, 0.4) is 0 Å². The maximum absolute atomic E-state index is 11.2. The minimum atomic E-state index is -0.744. The van der Waals surface area contributed by atoms with Crippen molar-refractivity contribution in [2.24, 2.45) is 0 Å². The van der Waals surface area contributed by atoms with Gasteiger partial charge in [0.15, 0.2) is 0 Å². The Bertz CT molecular complexity index is 513. The van der Waals surface area contributed by atoms with Crippen LogP contribution in [-0.4, -0.2) is 48.3 Å². The summed E-state index contributed by atoms with van der Waals surface area (Å²) in [6, 6.07) is 6.31. The van der Waals surface area contributed by atoms with Gasteiger partial charge in [-0.1, -0.05) is 12.1 Å². The Morgan fingerprint density at radius 3 is 2.68 bits per heavy atom. The fraction of sp³-hybridized carbons (Fsp3) is 0.588. The molecule has 0 spiro atoms. The van der Waals surface area contributed by atoms with Gasteiger partial charge in [-0.05, 0) is 50.1 Å². The number of carboxylic acids is 1. The second-order valence-corrected chi connectivity index (χ2v) is 6.90. The number of piperidine rings is 1. The Balaban J connectivity index is 1.92. The molecular weight excluding hydrogens is 296 g/mol. The van der Waals surface area contributed by atoms with Crippen LogP contribution < -0.4 is 10.2 Å². The highest BCUT2D eigenvalue weighted by molar-refractivity contribution is 7.98. The number of aliphatic carboxylic acids is 1. The van der Waals surface area contributed by atoms with E-state index in [1.165, 1.54) is 16.8 Å². The van der Waals surface area contributed by atoms with Gasteiger partial charge in [-0.25, -0.2) is 0 Å². The van der Waals surface area contributed by atoms with E-state index < -0.39 is 12.0 Å². The summed E-state index contributed by atoms with van der Waals surface area (Å²) in [7, 11) is 0. The third kappa shape index (κ3) is 4.17. The van der Waals surface area contributed by atoms with Crippen molar-refractivity contribution in [1.82, 2.24) is 5.32 Å². The molecule has 4 nitrogen and oxygen atoms in total. The molecule has 122 valence electrons. The van der Waals surface area contributed by atoms with Crippen molar-refractivity contribution in [3.8, 4) is 0 Å². The Kier molecular flexibility index (Phi) is 6.15. The first kappa shape index (κ1) is 17.2. The largest absolute Gasteiger partial charge is 0.480 e. The second kappa shape index (κ2) is 7.88. The standard InChI is InChI=1S/C17H26N2O2S/c1-12-5-4-6-16(13(12)2)19-9-7-14(8-10-19)18-15(11-22-3)17(20)21/h4-6,14-15,18H,7-11H2,1-3H3,(H,20,21)/t15-/m0/s1. The van der Waals surface area contributed by atoms with Crippen LogP contribution in [0.4, 0.5) is 5.69 Å². The van der Waals surface area contributed by atoms with Gasteiger partial charge < -0.3 is 15.3 Å². The van der Waals surface area contributed by atoms with Crippen molar-refractivity contribution in [3.05, 3.63) is 29.3 Å². The molecule has 1 atom stereocenters. The Labute approximate surface area is 137 Å². The van der Waals surface area contributed by atoms with Crippen LogP contribution in [0.1, 0.15) is 24.0 Å². The molecule has 1 heterocycles. The van der Waals surface area contributed by atoms with Gasteiger partial charge in [0.25, 0.3) is 0 Å². The van der Waals surface area contributed by atoms with E-state index in [1.807, 2.05) is 6.26 Å². The zero-order valence-electron chi connectivity index (χ0n) is 13.6. The first-order chi connectivity index (χ1) is 10.5. The number of thioether (sulfide) groups is 1. The first-order valence-electron chi connectivity index (χ1n) is 7.82. The van der Waals surface area contributed by atoms with Crippen molar-refractivity contribution in [1.29, 1.82) is 0 Å². The molecule has 0 unspecified atom stereocenters. The van der Waals surface area contributed by atoms with E-state index in [2.05, 4.69) is 42.3 Å². The van der Waals surface area contributed by atoms with E-state index >= 15 is 0 Å². The van der Waals surface area contributed by atoms with Crippen LogP contribution in [0.5, 0.6) is 0 Å². The summed E-state index contributed by atoms with van der Waals surface area (Å²) in [5, 5.41) is 12.6. The summed E-state index contributed by atoms with van der Waals surface area (Å²) in [5.74, 6) is -0.127. The molecule has 0 aromatic heterocycles. The van der Waals surface area contributed by atoms with E-state index in [0.29, 0.717) is 11.8 Å². The van der Waals surface area contributed by atoms with Gasteiger partial charge in [0.05, 0.1) is 0 Å². The molecule has 0 radical (unpaired) electrons. The number of anilines is 1. The predicted octanol–water partition coefficient (Wildman–Crippen LogP) is 2.68.